The van der Waals surface area contributed by atoms with Gasteiger partial charge in [0.1, 0.15) is 0 Å². The zero-order chi connectivity index (χ0) is 9.26. The van der Waals surface area contributed by atoms with E-state index in [1.54, 1.807) is 0 Å². The van der Waals surface area contributed by atoms with E-state index < -0.39 is 0 Å². The lowest BCUT2D eigenvalue weighted by Gasteiger charge is -2.28. The van der Waals surface area contributed by atoms with E-state index in [9.17, 15) is 9.59 Å². The van der Waals surface area contributed by atoms with Gasteiger partial charge in [0.2, 0.25) is 5.91 Å². The van der Waals surface area contributed by atoms with E-state index >= 15 is 0 Å². The first-order valence-electron chi connectivity index (χ1n) is 4.89. The Morgan fingerprint density at radius 2 is 1.85 bits per heavy atom. The molecule has 1 saturated carbocycles. The molecule has 0 atom stereocenters. The number of carbonyl (C=O) groups excluding carboxylic acids is 2. The first-order chi connectivity index (χ1) is 6.29. The lowest BCUT2D eigenvalue weighted by Crippen LogP contribution is -2.41. The fourth-order valence-corrected chi connectivity index (χ4v) is 2.14. The SMILES string of the molecule is O=C1CNC(=O)N1C1CCCCC1. The second-order valence-corrected chi connectivity index (χ2v) is 3.71. The zero-order valence-electron chi connectivity index (χ0n) is 7.58. The third-order valence-corrected chi connectivity index (χ3v) is 2.82. The maximum absolute atomic E-state index is 11.3. The van der Waals surface area contributed by atoms with Crippen LogP contribution in [0.3, 0.4) is 0 Å². The van der Waals surface area contributed by atoms with Gasteiger partial charge in [0.25, 0.3) is 0 Å². The zero-order valence-corrected chi connectivity index (χ0v) is 7.58. The van der Waals surface area contributed by atoms with Crippen molar-refractivity contribution in [3.8, 4) is 0 Å². The molecule has 0 unspecified atom stereocenters. The number of imide groups is 1. The predicted octanol–water partition coefficient (Wildman–Crippen LogP) is 0.871. The molecule has 3 amide bonds. The molecule has 1 aliphatic heterocycles. The third kappa shape index (κ3) is 1.53. The van der Waals surface area contributed by atoms with Gasteiger partial charge in [-0.15, -0.1) is 0 Å². The summed E-state index contributed by atoms with van der Waals surface area (Å²) in [6.07, 6.45) is 5.49. The molecule has 0 bridgehead atoms. The van der Waals surface area contributed by atoms with Crippen LogP contribution in [0.15, 0.2) is 0 Å². The van der Waals surface area contributed by atoms with E-state index in [0.29, 0.717) is 0 Å². The van der Waals surface area contributed by atoms with Gasteiger partial charge >= 0.3 is 6.03 Å². The van der Waals surface area contributed by atoms with Crippen molar-refractivity contribution in [1.29, 1.82) is 0 Å². The van der Waals surface area contributed by atoms with E-state index in [0.717, 1.165) is 25.7 Å². The van der Waals surface area contributed by atoms with Gasteiger partial charge in [0.15, 0.2) is 0 Å². The molecule has 0 radical (unpaired) electrons. The Balaban J connectivity index is 2.05. The summed E-state index contributed by atoms with van der Waals surface area (Å²) in [5.74, 6) is -0.0584. The normalized spacial score (nSPS) is 25.1. The van der Waals surface area contributed by atoms with Crippen molar-refractivity contribution >= 4 is 11.9 Å². The van der Waals surface area contributed by atoms with E-state index in [1.165, 1.54) is 11.3 Å². The monoisotopic (exact) mass is 182 g/mol. The maximum atomic E-state index is 11.3. The topological polar surface area (TPSA) is 49.4 Å². The molecule has 0 spiro atoms. The Bertz CT molecular complexity index is 218. The minimum absolute atomic E-state index is 0.0584. The summed E-state index contributed by atoms with van der Waals surface area (Å²) in [6, 6.07) is -0.0272. The highest BCUT2D eigenvalue weighted by Gasteiger charge is 2.35. The number of nitrogens with one attached hydrogen (secondary N) is 1. The summed E-state index contributed by atoms with van der Waals surface area (Å²) < 4.78 is 0. The van der Waals surface area contributed by atoms with Crippen molar-refractivity contribution in [2.45, 2.75) is 38.1 Å². The number of urea groups is 1. The molecule has 2 fully saturated rings. The van der Waals surface area contributed by atoms with Crippen LogP contribution in [-0.4, -0.2) is 29.4 Å². The lowest BCUT2D eigenvalue weighted by atomic mass is 9.94. The fraction of sp³-hybridized carbons (Fsp3) is 0.778. The van der Waals surface area contributed by atoms with Crippen molar-refractivity contribution in [3.05, 3.63) is 0 Å². The molecule has 13 heavy (non-hydrogen) atoms. The van der Waals surface area contributed by atoms with Gasteiger partial charge in [-0.3, -0.25) is 9.69 Å². The van der Waals surface area contributed by atoms with E-state index in [1.807, 2.05) is 0 Å². The second kappa shape index (κ2) is 3.36. The molecule has 2 aliphatic rings. The molecule has 0 aromatic heterocycles. The second-order valence-electron chi connectivity index (χ2n) is 3.71. The van der Waals surface area contributed by atoms with Crippen LogP contribution in [0.4, 0.5) is 4.79 Å². The molecule has 1 N–H and O–H groups in total. The van der Waals surface area contributed by atoms with E-state index in [-0.39, 0.29) is 24.5 Å². The van der Waals surface area contributed by atoms with Crippen LogP contribution < -0.4 is 5.32 Å². The third-order valence-electron chi connectivity index (χ3n) is 2.82. The molecule has 72 valence electrons. The highest BCUT2D eigenvalue weighted by Crippen LogP contribution is 2.23. The average Bonchev–Trinajstić information content (AvgIpc) is 2.48. The van der Waals surface area contributed by atoms with Crippen molar-refractivity contribution in [3.63, 3.8) is 0 Å². The average molecular weight is 182 g/mol. The summed E-state index contributed by atoms with van der Waals surface area (Å²) in [4.78, 5) is 24.0. The van der Waals surface area contributed by atoms with Crippen LogP contribution in [0, 0.1) is 0 Å². The van der Waals surface area contributed by atoms with Gasteiger partial charge in [-0.1, -0.05) is 19.3 Å². The molecule has 1 heterocycles. The molecule has 4 nitrogen and oxygen atoms in total. The first kappa shape index (κ1) is 8.53. The Hall–Kier alpha value is -1.06. The molecule has 0 aromatic carbocycles. The molecule has 2 rings (SSSR count). The van der Waals surface area contributed by atoms with Gasteiger partial charge in [-0.25, -0.2) is 4.79 Å². The van der Waals surface area contributed by atoms with Gasteiger partial charge in [-0.2, -0.15) is 0 Å². The van der Waals surface area contributed by atoms with Crippen LogP contribution in [0.2, 0.25) is 0 Å². The van der Waals surface area contributed by atoms with Crippen LogP contribution in [-0.2, 0) is 4.79 Å². The molecule has 4 heteroatoms. The fourth-order valence-electron chi connectivity index (χ4n) is 2.14. The van der Waals surface area contributed by atoms with Gasteiger partial charge in [0.05, 0.1) is 6.54 Å². The minimum atomic E-state index is -0.197. The number of rotatable bonds is 1. The molecule has 1 aliphatic carbocycles. The van der Waals surface area contributed by atoms with Gasteiger partial charge < -0.3 is 5.32 Å². The minimum Gasteiger partial charge on any atom is -0.329 e. The van der Waals surface area contributed by atoms with Crippen molar-refractivity contribution in [2.24, 2.45) is 0 Å². The Morgan fingerprint density at radius 3 is 2.38 bits per heavy atom. The molecular formula is C9H14N2O2. The standard InChI is InChI=1S/C9H14N2O2/c12-8-6-10-9(13)11(8)7-4-2-1-3-5-7/h7H,1-6H2,(H,10,13). The van der Waals surface area contributed by atoms with Gasteiger partial charge in [-0.05, 0) is 12.8 Å². The van der Waals surface area contributed by atoms with Crippen molar-refractivity contribution in [2.75, 3.05) is 6.54 Å². The number of hydrogen-bond acceptors (Lipinski definition) is 2. The Morgan fingerprint density at radius 1 is 1.15 bits per heavy atom. The van der Waals surface area contributed by atoms with Crippen LogP contribution in [0.1, 0.15) is 32.1 Å². The lowest BCUT2D eigenvalue weighted by molar-refractivity contribution is -0.126. The van der Waals surface area contributed by atoms with Crippen LogP contribution in [0.25, 0.3) is 0 Å². The van der Waals surface area contributed by atoms with Crippen LogP contribution >= 0.6 is 0 Å². The highest BCUT2D eigenvalue weighted by atomic mass is 16.2. The number of amides is 3. The smallest absolute Gasteiger partial charge is 0.324 e. The van der Waals surface area contributed by atoms with E-state index in [4.69, 9.17) is 0 Å². The van der Waals surface area contributed by atoms with Crippen molar-refractivity contribution < 1.29 is 9.59 Å². The largest absolute Gasteiger partial charge is 0.329 e. The van der Waals surface area contributed by atoms with E-state index in [2.05, 4.69) is 5.32 Å². The highest BCUT2D eigenvalue weighted by molar-refractivity contribution is 6.02. The first-order valence-corrected chi connectivity index (χ1v) is 4.89. The molecule has 0 aromatic rings. The summed E-state index contributed by atoms with van der Waals surface area (Å²) in [5.41, 5.74) is 0. The maximum Gasteiger partial charge on any atom is 0.324 e. The number of hydrogen-bond donors (Lipinski definition) is 1. The van der Waals surface area contributed by atoms with Gasteiger partial charge in [0, 0.05) is 6.04 Å². The Labute approximate surface area is 77.3 Å². The number of nitrogens with zero attached hydrogens (tertiary/aromatic N) is 1. The predicted molar refractivity (Wildman–Crippen MR) is 47.1 cm³/mol. The van der Waals surface area contributed by atoms with Crippen LogP contribution in [0.5, 0.6) is 0 Å². The van der Waals surface area contributed by atoms with Crippen molar-refractivity contribution in [1.82, 2.24) is 10.2 Å². The summed E-state index contributed by atoms with van der Waals surface area (Å²) in [6.45, 7) is 0.190. The Kier molecular flexibility index (Phi) is 2.20. The molecule has 1 saturated heterocycles. The summed E-state index contributed by atoms with van der Waals surface area (Å²) in [5, 5.41) is 2.55. The molecular weight excluding hydrogens is 168 g/mol. The number of carbonyl (C=O) groups is 2. The quantitative estimate of drug-likeness (QED) is 0.612. The summed E-state index contributed by atoms with van der Waals surface area (Å²) in [7, 11) is 0. The summed E-state index contributed by atoms with van der Waals surface area (Å²) >= 11 is 0.